The molecule has 0 bridgehead atoms. The Morgan fingerprint density at radius 2 is 1.82 bits per heavy atom. The standard InChI is InChI=1S/C30H36N2O7/c1-5-15-39-22-8-9-23(20(2)18-22)28(33)26-27(21-7-10-24(36-3)25(19-21)37-4)32(30(35)29(26)34)12-6-11-31-13-16-38-17-14-31/h5,7-10,18-19,27,33H,1,6,11-17H2,2-4H3/b28-26+. The van der Waals surface area contributed by atoms with E-state index >= 15 is 0 Å². The lowest BCUT2D eigenvalue weighted by Crippen LogP contribution is -2.39. The van der Waals surface area contributed by atoms with E-state index in [4.69, 9.17) is 18.9 Å². The number of aryl methyl sites for hydroxylation is 1. The van der Waals surface area contributed by atoms with E-state index in [0.717, 1.165) is 19.6 Å². The number of nitrogens with zero attached hydrogens (tertiary/aromatic N) is 2. The summed E-state index contributed by atoms with van der Waals surface area (Å²) in [6.45, 7) is 10.00. The summed E-state index contributed by atoms with van der Waals surface area (Å²) in [5.74, 6) is 0.0257. The number of carbonyl (C=O) groups excluding carboxylic acids is 2. The van der Waals surface area contributed by atoms with Gasteiger partial charge in [-0.25, -0.2) is 0 Å². The van der Waals surface area contributed by atoms with Crippen molar-refractivity contribution in [2.24, 2.45) is 0 Å². The summed E-state index contributed by atoms with van der Waals surface area (Å²) in [5.41, 5.74) is 1.85. The van der Waals surface area contributed by atoms with Gasteiger partial charge in [-0.2, -0.15) is 0 Å². The van der Waals surface area contributed by atoms with Crippen molar-refractivity contribution in [2.45, 2.75) is 19.4 Å². The Kier molecular flexibility index (Phi) is 9.27. The Morgan fingerprint density at radius 1 is 1.08 bits per heavy atom. The molecule has 2 aliphatic rings. The average molecular weight is 537 g/mol. The quantitative estimate of drug-likeness (QED) is 0.201. The summed E-state index contributed by atoms with van der Waals surface area (Å²) in [5, 5.41) is 11.5. The third-order valence-corrected chi connectivity index (χ3v) is 7.06. The van der Waals surface area contributed by atoms with E-state index in [2.05, 4.69) is 11.5 Å². The van der Waals surface area contributed by atoms with Gasteiger partial charge in [-0.3, -0.25) is 14.5 Å². The third-order valence-electron chi connectivity index (χ3n) is 7.06. The SMILES string of the molecule is C=CCOc1ccc(/C(O)=C2\C(=O)C(=O)N(CCCN3CCOCC3)C2c2ccc(OC)c(OC)c2)c(C)c1. The van der Waals surface area contributed by atoms with E-state index in [9.17, 15) is 14.7 Å². The van der Waals surface area contributed by atoms with Gasteiger partial charge in [-0.05, 0) is 54.8 Å². The molecule has 1 amide bonds. The molecule has 0 saturated carbocycles. The fraction of sp³-hybridized carbons (Fsp3) is 0.400. The number of hydrogen-bond acceptors (Lipinski definition) is 8. The average Bonchev–Trinajstić information content (AvgIpc) is 3.21. The summed E-state index contributed by atoms with van der Waals surface area (Å²) in [6, 6.07) is 9.68. The molecule has 1 unspecified atom stereocenters. The van der Waals surface area contributed by atoms with Gasteiger partial charge in [0.25, 0.3) is 11.7 Å². The van der Waals surface area contributed by atoms with Crippen LogP contribution in [0.15, 0.2) is 54.6 Å². The number of carbonyl (C=O) groups is 2. The first-order valence-corrected chi connectivity index (χ1v) is 13.0. The number of aliphatic hydroxyl groups excluding tert-OH is 1. The maximum Gasteiger partial charge on any atom is 0.295 e. The normalized spacial score (nSPS) is 19.3. The first kappa shape index (κ1) is 28.2. The topological polar surface area (TPSA) is 97.8 Å². The third kappa shape index (κ3) is 6.10. The molecule has 2 saturated heterocycles. The van der Waals surface area contributed by atoms with Crippen LogP contribution in [0.3, 0.4) is 0 Å². The van der Waals surface area contributed by atoms with Gasteiger partial charge in [-0.15, -0.1) is 0 Å². The Balaban J connectivity index is 1.73. The van der Waals surface area contributed by atoms with Gasteiger partial charge >= 0.3 is 0 Å². The van der Waals surface area contributed by atoms with Gasteiger partial charge in [0.05, 0.1) is 39.0 Å². The molecular weight excluding hydrogens is 500 g/mol. The highest BCUT2D eigenvalue weighted by atomic mass is 16.5. The predicted molar refractivity (Wildman–Crippen MR) is 147 cm³/mol. The van der Waals surface area contributed by atoms with Crippen molar-refractivity contribution in [1.82, 2.24) is 9.80 Å². The molecule has 9 heteroatoms. The number of benzene rings is 2. The van der Waals surface area contributed by atoms with E-state index in [-0.39, 0.29) is 11.3 Å². The van der Waals surface area contributed by atoms with Crippen LogP contribution in [-0.2, 0) is 14.3 Å². The van der Waals surface area contributed by atoms with Crippen LogP contribution in [-0.4, -0.2) is 86.8 Å². The van der Waals surface area contributed by atoms with E-state index in [1.54, 1.807) is 54.5 Å². The largest absolute Gasteiger partial charge is 0.507 e. The van der Waals surface area contributed by atoms with E-state index in [1.807, 2.05) is 6.92 Å². The number of morpholine rings is 1. The molecule has 208 valence electrons. The molecular formula is C30H36N2O7. The lowest BCUT2D eigenvalue weighted by Gasteiger charge is -2.29. The highest BCUT2D eigenvalue weighted by molar-refractivity contribution is 6.46. The van der Waals surface area contributed by atoms with Gasteiger partial charge in [0.1, 0.15) is 18.1 Å². The van der Waals surface area contributed by atoms with Crippen LogP contribution in [0, 0.1) is 6.92 Å². The molecule has 2 aliphatic heterocycles. The molecule has 4 rings (SSSR count). The molecule has 2 aromatic carbocycles. The van der Waals surface area contributed by atoms with E-state index < -0.39 is 17.7 Å². The summed E-state index contributed by atoms with van der Waals surface area (Å²) < 4.78 is 21.9. The Bertz CT molecular complexity index is 1250. The number of Topliss-reactive ketones (excluding diaryl/α,β-unsaturated/α-hetero) is 1. The minimum Gasteiger partial charge on any atom is -0.507 e. The molecule has 1 atom stereocenters. The van der Waals surface area contributed by atoms with Gasteiger partial charge < -0.3 is 29.0 Å². The summed E-state index contributed by atoms with van der Waals surface area (Å²) in [4.78, 5) is 30.6. The van der Waals surface area contributed by atoms with Crippen LogP contribution in [0.1, 0.15) is 29.2 Å². The zero-order valence-electron chi connectivity index (χ0n) is 22.8. The summed E-state index contributed by atoms with van der Waals surface area (Å²) in [6.07, 6.45) is 2.32. The highest BCUT2D eigenvalue weighted by Gasteiger charge is 2.46. The van der Waals surface area contributed by atoms with Crippen molar-refractivity contribution in [1.29, 1.82) is 0 Å². The summed E-state index contributed by atoms with van der Waals surface area (Å²) in [7, 11) is 3.07. The van der Waals surface area contributed by atoms with Crippen molar-refractivity contribution in [3.05, 3.63) is 71.3 Å². The van der Waals surface area contributed by atoms with E-state index in [0.29, 0.717) is 66.7 Å². The molecule has 0 aromatic heterocycles. The number of likely N-dealkylation sites (tertiary alicyclic amines) is 1. The minimum atomic E-state index is -0.786. The van der Waals surface area contributed by atoms with Gasteiger partial charge in [0.15, 0.2) is 11.5 Å². The number of ketones is 1. The molecule has 0 spiro atoms. The number of rotatable bonds is 11. The van der Waals surface area contributed by atoms with Gasteiger partial charge in [0.2, 0.25) is 0 Å². The second kappa shape index (κ2) is 12.8. The number of methoxy groups -OCH3 is 2. The van der Waals surface area contributed by atoms with Crippen LogP contribution in [0.25, 0.3) is 5.76 Å². The van der Waals surface area contributed by atoms with Crippen molar-refractivity contribution in [3.8, 4) is 17.2 Å². The molecule has 39 heavy (non-hydrogen) atoms. The minimum absolute atomic E-state index is 0.0430. The Labute approximate surface area is 229 Å². The van der Waals surface area contributed by atoms with Crippen LogP contribution in [0.2, 0.25) is 0 Å². The van der Waals surface area contributed by atoms with Crippen LogP contribution < -0.4 is 14.2 Å². The first-order valence-electron chi connectivity index (χ1n) is 13.0. The molecule has 1 N–H and O–H groups in total. The highest BCUT2D eigenvalue weighted by Crippen LogP contribution is 2.42. The van der Waals surface area contributed by atoms with Gasteiger partial charge in [0, 0.05) is 31.7 Å². The van der Waals surface area contributed by atoms with Crippen molar-refractivity contribution in [2.75, 3.05) is 60.2 Å². The maximum atomic E-state index is 13.4. The van der Waals surface area contributed by atoms with E-state index in [1.165, 1.54) is 7.11 Å². The molecule has 2 heterocycles. The number of aliphatic hydroxyl groups is 1. The lowest BCUT2D eigenvalue weighted by molar-refractivity contribution is -0.140. The molecule has 2 fully saturated rings. The fourth-order valence-electron chi connectivity index (χ4n) is 5.06. The fourth-order valence-corrected chi connectivity index (χ4v) is 5.06. The molecule has 2 aromatic rings. The monoisotopic (exact) mass is 536 g/mol. The zero-order chi connectivity index (χ0) is 27.9. The van der Waals surface area contributed by atoms with Crippen LogP contribution >= 0.6 is 0 Å². The number of hydrogen-bond donors (Lipinski definition) is 1. The van der Waals surface area contributed by atoms with Crippen LogP contribution in [0.5, 0.6) is 17.2 Å². The van der Waals surface area contributed by atoms with Crippen molar-refractivity contribution < 1.29 is 33.6 Å². The van der Waals surface area contributed by atoms with Crippen LogP contribution in [0.4, 0.5) is 0 Å². The smallest absolute Gasteiger partial charge is 0.295 e. The predicted octanol–water partition coefficient (Wildman–Crippen LogP) is 3.72. The molecule has 9 nitrogen and oxygen atoms in total. The number of ether oxygens (including phenoxy) is 4. The molecule has 0 aliphatic carbocycles. The Morgan fingerprint density at radius 3 is 2.49 bits per heavy atom. The summed E-state index contributed by atoms with van der Waals surface area (Å²) >= 11 is 0. The maximum absolute atomic E-state index is 13.4. The second-order valence-corrected chi connectivity index (χ2v) is 9.49. The first-order chi connectivity index (χ1) is 18.9. The Hall–Kier alpha value is -3.82. The molecule has 0 radical (unpaired) electrons. The van der Waals surface area contributed by atoms with Gasteiger partial charge in [-0.1, -0.05) is 18.7 Å². The lowest BCUT2D eigenvalue weighted by atomic mass is 9.93. The van der Waals surface area contributed by atoms with Crippen molar-refractivity contribution in [3.63, 3.8) is 0 Å². The van der Waals surface area contributed by atoms with Crippen molar-refractivity contribution >= 4 is 17.4 Å². The second-order valence-electron chi connectivity index (χ2n) is 9.49. The zero-order valence-corrected chi connectivity index (χ0v) is 22.8. The number of amides is 1.